The van der Waals surface area contributed by atoms with Gasteiger partial charge >= 0.3 is 0 Å². The molecular weight excluding hydrogens is 381 g/mol. The molecule has 1 fully saturated rings. The molecule has 0 amide bonds. The fourth-order valence-corrected chi connectivity index (χ4v) is 4.97. The van der Waals surface area contributed by atoms with Gasteiger partial charge < -0.3 is 14.5 Å². The van der Waals surface area contributed by atoms with Gasteiger partial charge in [0, 0.05) is 43.5 Å². The van der Waals surface area contributed by atoms with Gasteiger partial charge in [0.1, 0.15) is 17.1 Å². The molecule has 0 radical (unpaired) electrons. The van der Waals surface area contributed by atoms with Crippen LogP contribution in [-0.4, -0.2) is 58.9 Å². The fourth-order valence-electron chi connectivity index (χ4n) is 4.97. The third-order valence-corrected chi connectivity index (χ3v) is 6.57. The molecule has 3 aromatic rings. The third-order valence-electron chi connectivity index (χ3n) is 6.57. The zero-order chi connectivity index (χ0) is 20.5. The highest BCUT2D eigenvalue weighted by atomic mass is 19.1. The van der Waals surface area contributed by atoms with Crippen molar-refractivity contribution >= 4 is 10.9 Å². The van der Waals surface area contributed by atoms with Gasteiger partial charge in [0.25, 0.3) is 0 Å². The minimum absolute atomic E-state index is 0.289. The van der Waals surface area contributed by atoms with Crippen LogP contribution in [0, 0.1) is 5.82 Å². The first-order valence-corrected chi connectivity index (χ1v) is 10.9. The highest BCUT2D eigenvalue weighted by molar-refractivity contribution is 5.80. The molecule has 3 heterocycles. The van der Waals surface area contributed by atoms with Crippen LogP contribution >= 0.6 is 0 Å². The van der Waals surface area contributed by atoms with E-state index in [0.29, 0.717) is 24.5 Å². The quantitative estimate of drug-likeness (QED) is 0.698. The van der Waals surface area contributed by atoms with Crippen LogP contribution in [-0.2, 0) is 13.0 Å². The Hall–Kier alpha value is -2.28. The molecule has 2 aliphatic rings. The maximum Gasteiger partial charge on any atom is 0.147 e. The average Bonchev–Trinajstić information content (AvgIpc) is 3.17. The van der Waals surface area contributed by atoms with E-state index in [9.17, 15) is 9.50 Å². The predicted octanol–water partition coefficient (Wildman–Crippen LogP) is 3.57. The van der Waals surface area contributed by atoms with Crippen molar-refractivity contribution in [3.05, 3.63) is 65.2 Å². The Morgan fingerprint density at radius 1 is 1.03 bits per heavy atom. The Balaban J connectivity index is 1.13. The summed E-state index contributed by atoms with van der Waals surface area (Å²) >= 11 is 0. The van der Waals surface area contributed by atoms with Gasteiger partial charge in [-0.3, -0.25) is 4.90 Å². The zero-order valence-electron chi connectivity index (χ0n) is 17.1. The Bertz CT molecular complexity index is 1010. The number of hydrogen-bond donors (Lipinski definition) is 1. The molecule has 0 bridgehead atoms. The fraction of sp³-hybridized carbons (Fsp3) is 0.458. The number of aliphatic hydroxyl groups excluding tert-OH is 1. The minimum Gasteiger partial charge on any atom is -0.390 e. The number of fused-ring (bicyclic) bond motifs is 2. The smallest absolute Gasteiger partial charge is 0.147 e. The molecule has 6 heteroatoms. The van der Waals surface area contributed by atoms with Crippen LogP contribution in [0.15, 0.2) is 47.0 Å². The van der Waals surface area contributed by atoms with E-state index in [1.54, 1.807) is 6.07 Å². The molecule has 5 rings (SSSR count). The molecule has 1 saturated heterocycles. The summed E-state index contributed by atoms with van der Waals surface area (Å²) in [5.74, 6) is 0.882. The maximum atomic E-state index is 13.4. The number of hydrogen-bond acceptors (Lipinski definition) is 5. The van der Waals surface area contributed by atoms with Crippen molar-refractivity contribution in [1.82, 2.24) is 15.0 Å². The second-order valence-corrected chi connectivity index (χ2v) is 8.69. The van der Waals surface area contributed by atoms with Crippen molar-refractivity contribution < 1.29 is 14.0 Å². The van der Waals surface area contributed by atoms with Gasteiger partial charge in [-0.05, 0) is 55.6 Å². The first kappa shape index (κ1) is 19.7. The Kier molecular flexibility index (Phi) is 5.54. The van der Waals surface area contributed by atoms with Crippen molar-refractivity contribution in [2.75, 3.05) is 32.7 Å². The second-order valence-electron chi connectivity index (χ2n) is 8.69. The lowest BCUT2D eigenvalue weighted by atomic mass is 9.92. The van der Waals surface area contributed by atoms with Gasteiger partial charge in [-0.1, -0.05) is 29.4 Å². The molecular formula is C24H28FN3O2. The van der Waals surface area contributed by atoms with Crippen LogP contribution in [0.2, 0.25) is 0 Å². The summed E-state index contributed by atoms with van der Waals surface area (Å²) in [6.07, 6.45) is 2.64. The molecule has 2 aliphatic heterocycles. The van der Waals surface area contributed by atoms with E-state index in [4.69, 9.17) is 4.52 Å². The van der Waals surface area contributed by atoms with Gasteiger partial charge in [-0.25, -0.2) is 4.39 Å². The van der Waals surface area contributed by atoms with Crippen LogP contribution in [0.3, 0.4) is 0 Å². The number of halogens is 1. The first-order chi connectivity index (χ1) is 14.7. The lowest BCUT2D eigenvalue weighted by molar-refractivity contribution is 0.0595. The topological polar surface area (TPSA) is 52.7 Å². The van der Waals surface area contributed by atoms with E-state index < -0.39 is 0 Å². The summed E-state index contributed by atoms with van der Waals surface area (Å²) in [4.78, 5) is 4.71. The SMILES string of the molecule is OC(CN1CCC(c2onc3cc(F)ccc23)CC1)CN1CCc2ccccc2C1. The molecule has 2 aromatic carbocycles. The lowest BCUT2D eigenvalue weighted by Gasteiger charge is -2.35. The Morgan fingerprint density at radius 2 is 1.80 bits per heavy atom. The van der Waals surface area contributed by atoms with E-state index >= 15 is 0 Å². The largest absolute Gasteiger partial charge is 0.390 e. The van der Waals surface area contributed by atoms with Crippen LogP contribution in [0.1, 0.15) is 35.6 Å². The molecule has 1 N–H and O–H groups in total. The van der Waals surface area contributed by atoms with Gasteiger partial charge in [0.05, 0.1) is 6.10 Å². The van der Waals surface area contributed by atoms with Crippen LogP contribution in [0.4, 0.5) is 4.39 Å². The van der Waals surface area contributed by atoms with E-state index in [1.165, 1.54) is 23.3 Å². The highest BCUT2D eigenvalue weighted by Gasteiger charge is 2.27. The maximum absolute atomic E-state index is 13.4. The number of piperidine rings is 1. The summed E-state index contributed by atoms with van der Waals surface area (Å²) in [7, 11) is 0. The van der Waals surface area contributed by atoms with Crippen LogP contribution in [0.5, 0.6) is 0 Å². The van der Waals surface area contributed by atoms with Crippen molar-refractivity contribution in [2.24, 2.45) is 0 Å². The first-order valence-electron chi connectivity index (χ1n) is 10.9. The number of benzene rings is 2. The molecule has 0 aliphatic carbocycles. The average molecular weight is 410 g/mol. The minimum atomic E-state index is -0.346. The molecule has 0 saturated carbocycles. The Labute approximate surface area is 176 Å². The summed E-state index contributed by atoms with van der Waals surface area (Å²) in [6, 6.07) is 13.3. The molecule has 1 unspecified atom stereocenters. The zero-order valence-corrected chi connectivity index (χ0v) is 17.1. The lowest BCUT2D eigenvalue weighted by Crippen LogP contribution is -2.44. The number of rotatable bonds is 5. The second kappa shape index (κ2) is 8.46. The monoisotopic (exact) mass is 409 g/mol. The highest BCUT2D eigenvalue weighted by Crippen LogP contribution is 2.33. The summed E-state index contributed by atoms with van der Waals surface area (Å²) < 4.78 is 19.0. The molecule has 1 atom stereocenters. The van der Waals surface area contributed by atoms with Crippen molar-refractivity contribution in [3.63, 3.8) is 0 Å². The third kappa shape index (κ3) is 4.13. The van der Waals surface area contributed by atoms with Gasteiger partial charge in [-0.15, -0.1) is 0 Å². The summed E-state index contributed by atoms with van der Waals surface area (Å²) in [5.41, 5.74) is 3.41. The van der Waals surface area contributed by atoms with Gasteiger partial charge in [-0.2, -0.15) is 0 Å². The molecule has 30 heavy (non-hydrogen) atoms. The van der Waals surface area contributed by atoms with E-state index in [0.717, 1.165) is 56.6 Å². The van der Waals surface area contributed by atoms with Crippen molar-refractivity contribution in [2.45, 2.75) is 37.8 Å². The van der Waals surface area contributed by atoms with E-state index in [2.05, 4.69) is 39.2 Å². The molecule has 5 nitrogen and oxygen atoms in total. The van der Waals surface area contributed by atoms with Crippen molar-refractivity contribution in [3.8, 4) is 0 Å². The number of nitrogens with zero attached hydrogens (tertiary/aromatic N) is 3. The molecule has 0 spiro atoms. The number of likely N-dealkylation sites (tertiary alicyclic amines) is 1. The Morgan fingerprint density at radius 3 is 2.63 bits per heavy atom. The van der Waals surface area contributed by atoms with Gasteiger partial charge in [0.2, 0.25) is 0 Å². The van der Waals surface area contributed by atoms with E-state index in [1.807, 2.05) is 0 Å². The van der Waals surface area contributed by atoms with Gasteiger partial charge in [0.15, 0.2) is 0 Å². The van der Waals surface area contributed by atoms with E-state index in [-0.39, 0.29) is 11.9 Å². The molecule has 1 aromatic heterocycles. The number of aliphatic hydroxyl groups is 1. The summed E-state index contributed by atoms with van der Waals surface area (Å²) in [6.45, 7) is 5.20. The van der Waals surface area contributed by atoms with Crippen molar-refractivity contribution in [1.29, 1.82) is 0 Å². The van der Waals surface area contributed by atoms with Crippen LogP contribution < -0.4 is 0 Å². The molecule has 158 valence electrons. The number of aromatic nitrogens is 1. The summed E-state index contributed by atoms with van der Waals surface area (Å²) in [5, 5.41) is 15.6. The standard InChI is InChI=1S/C24H28FN3O2/c25-20-5-6-22-23(13-20)26-30-24(22)18-8-10-27(11-9-18)15-21(29)16-28-12-7-17-3-1-2-4-19(17)14-28/h1-6,13,18,21,29H,7-12,14-16H2. The van der Waals surface area contributed by atoms with Crippen LogP contribution in [0.25, 0.3) is 10.9 Å². The normalized spacial score (nSPS) is 19.8. The predicted molar refractivity (Wildman–Crippen MR) is 114 cm³/mol. The number of β-amino-alcohol motifs (C(OH)–C–C–N with tert-alkyl or cyclic N) is 1.